The number of aliphatic hydroxyl groups is 1. The first-order chi connectivity index (χ1) is 17.4. The van der Waals surface area contributed by atoms with Crippen LogP contribution in [0, 0.1) is 0 Å². The summed E-state index contributed by atoms with van der Waals surface area (Å²) < 4.78 is 11.2. The van der Waals surface area contributed by atoms with Gasteiger partial charge in [-0.05, 0) is 31.9 Å². The van der Waals surface area contributed by atoms with Crippen molar-refractivity contribution in [1.29, 1.82) is 0 Å². The van der Waals surface area contributed by atoms with E-state index >= 15 is 0 Å². The quantitative estimate of drug-likeness (QED) is 0.532. The van der Waals surface area contributed by atoms with Crippen LogP contribution >= 0.6 is 0 Å². The van der Waals surface area contributed by atoms with Crippen LogP contribution in [0.5, 0.6) is 0 Å². The maximum atomic E-state index is 13.0. The maximum Gasteiger partial charge on any atom is 0.275 e. The van der Waals surface area contributed by atoms with Crippen molar-refractivity contribution in [2.45, 2.75) is 45.9 Å². The number of β-amino-alcohol motifs (C(OH)–C–C–N with tert-alkyl or cyclic N) is 1. The molecule has 4 rings (SSSR count). The van der Waals surface area contributed by atoms with E-state index in [4.69, 9.17) is 9.15 Å². The van der Waals surface area contributed by atoms with Gasteiger partial charge in [0, 0.05) is 64.6 Å². The second kappa shape index (κ2) is 12.7. The van der Waals surface area contributed by atoms with Crippen molar-refractivity contribution in [3.8, 4) is 0 Å². The molecule has 2 aliphatic rings. The van der Waals surface area contributed by atoms with Crippen LogP contribution in [0.4, 0.5) is 5.69 Å². The zero-order valence-corrected chi connectivity index (χ0v) is 21.9. The predicted octanol–water partition coefficient (Wildman–Crippen LogP) is 2.10. The number of hydrogen-bond donors (Lipinski definition) is 1. The Morgan fingerprint density at radius 1 is 1.06 bits per heavy atom. The minimum atomic E-state index is -0.470. The summed E-state index contributed by atoms with van der Waals surface area (Å²) in [5.41, 5.74) is 3.00. The molecule has 0 radical (unpaired) electrons. The van der Waals surface area contributed by atoms with Crippen molar-refractivity contribution in [3.05, 3.63) is 47.7 Å². The molecule has 1 unspecified atom stereocenters. The lowest BCUT2D eigenvalue weighted by Crippen LogP contribution is -2.49. The second-order valence-corrected chi connectivity index (χ2v) is 10.0. The van der Waals surface area contributed by atoms with E-state index in [1.165, 1.54) is 17.5 Å². The Kier molecular flexibility index (Phi) is 9.36. The van der Waals surface area contributed by atoms with Crippen molar-refractivity contribution in [2.75, 3.05) is 70.4 Å². The summed E-state index contributed by atoms with van der Waals surface area (Å²) in [5, 5.41) is 10.2. The average molecular weight is 500 g/mol. The summed E-state index contributed by atoms with van der Waals surface area (Å²) in [6.45, 7) is 14.2. The number of amides is 1. The molecule has 36 heavy (non-hydrogen) atoms. The number of aliphatic hydroxyl groups excluding tert-OH is 1. The molecule has 1 atom stereocenters. The number of piperazine rings is 2. The van der Waals surface area contributed by atoms with E-state index in [1.807, 2.05) is 18.7 Å². The second-order valence-electron chi connectivity index (χ2n) is 10.0. The molecule has 9 nitrogen and oxygen atoms in total. The van der Waals surface area contributed by atoms with E-state index in [2.05, 4.69) is 50.9 Å². The van der Waals surface area contributed by atoms with Crippen molar-refractivity contribution in [2.24, 2.45) is 0 Å². The van der Waals surface area contributed by atoms with Gasteiger partial charge in [-0.1, -0.05) is 25.1 Å². The summed E-state index contributed by atoms with van der Waals surface area (Å²) in [7, 11) is 0. The molecule has 2 aliphatic heterocycles. The molecule has 2 fully saturated rings. The van der Waals surface area contributed by atoms with Gasteiger partial charge in [0.15, 0.2) is 5.69 Å². The lowest BCUT2D eigenvalue weighted by atomic mass is 10.1. The van der Waals surface area contributed by atoms with E-state index < -0.39 is 6.10 Å². The number of nitrogens with zero attached hydrogens (tertiary/aromatic N) is 5. The lowest BCUT2D eigenvalue weighted by molar-refractivity contribution is -0.0151. The number of carbonyl (C=O) groups is 1. The molecule has 1 N–H and O–H groups in total. The van der Waals surface area contributed by atoms with Crippen LogP contribution in [-0.4, -0.2) is 108 Å². The minimum Gasteiger partial charge on any atom is -0.447 e. The molecule has 9 heteroatoms. The van der Waals surface area contributed by atoms with E-state index in [9.17, 15) is 9.90 Å². The van der Waals surface area contributed by atoms with Crippen LogP contribution in [0.2, 0.25) is 0 Å². The Hall–Kier alpha value is -2.46. The summed E-state index contributed by atoms with van der Waals surface area (Å²) in [4.78, 5) is 26.3. The molecular formula is C27H41N5O4. The number of aromatic nitrogens is 1. The summed E-state index contributed by atoms with van der Waals surface area (Å²) in [5.74, 6) is 0.517. The van der Waals surface area contributed by atoms with Gasteiger partial charge < -0.3 is 24.1 Å². The fourth-order valence-corrected chi connectivity index (χ4v) is 4.89. The highest BCUT2D eigenvalue weighted by molar-refractivity contribution is 5.92. The molecule has 2 saturated heterocycles. The Bertz CT molecular complexity index is 965. The first-order valence-electron chi connectivity index (χ1n) is 13.2. The van der Waals surface area contributed by atoms with E-state index in [0.29, 0.717) is 44.4 Å². The molecule has 0 aliphatic carbocycles. The number of rotatable bonds is 10. The molecule has 1 amide bonds. The third-order valence-electron chi connectivity index (χ3n) is 6.97. The number of hydrogen-bond acceptors (Lipinski definition) is 8. The van der Waals surface area contributed by atoms with Crippen molar-refractivity contribution < 1.29 is 19.1 Å². The van der Waals surface area contributed by atoms with Gasteiger partial charge in [0.25, 0.3) is 5.91 Å². The Balaban J connectivity index is 1.21. The van der Waals surface area contributed by atoms with E-state index in [0.717, 1.165) is 45.7 Å². The third kappa shape index (κ3) is 7.06. The van der Waals surface area contributed by atoms with Gasteiger partial charge in [0.05, 0.1) is 25.4 Å². The smallest absolute Gasteiger partial charge is 0.275 e. The lowest BCUT2D eigenvalue weighted by Gasteiger charge is -2.36. The zero-order chi connectivity index (χ0) is 25.5. The SMILES string of the molecule is CCc1ccccc1N1CCN(C(=O)c2coc(CN3CCN(CC(O)COC(C)C)CC3)n2)CC1. The topological polar surface area (TPSA) is 85.5 Å². The van der Waals surface area contributed by atoms with Crippen LogP contribution in [0.3, 0.4) is 0 Å². The largest absolute Gasteiger partial charge is 0.447 e. The first-order valence-corrected chi connectivity index (χ1v) is 13.2. The number of aryl methyl sites for hydroxylation is 1. The number of para-hydroxylation sites is 1. The van der Waals surface area contributed by atoms with Crippen LogP contribution in [0.15, 0.2) is 34.9 Å². The summed E-state index contributed by atoms with van der Waals surface area (Å²) in [6, 6.07) is 8.51. The van der Waals surface area contributed by atoms with Gasteiger partial charge in [-0.2, -0.15) is 0 Å². The molecule has 0 bridgehead atoms. The number of ether oxygens (including phenoxy) is 1. The normalized spacial score (nSPS) is 18.7. The van der Waals surface area contributed by atoms with E-state index in [1.54, 1.807) is 0 Å². The Morgan fingerprint density at radius 3 is 2.44 bits per heavy atom. The minimum absolute atomic E-state index is 0.0594. The molecule has 1 aromatic heterocycles. The molecule has 2 aromatic rings. The van der Waals surface area contributed by atoms with Gasteiger partial charge in [0.1, 0.15) is 6.26 Å². The number of benzene rings is 1. The molecule has 1 aromatic carbocycles. The summed E-state index contributed by atoms with van der Waals surface area (Å²) >= 11 is 0. The van der Waals surface area contributed by atoms with Crippen LogP contribution in [-0.2, 0) is 17.7 Å². The predicted molar refractivity (Wildman–Crippen MR) is 139 cm³/mol. The van der Waals surface area contributed by atoms with Gasteiger partial charge in [-0.3, -0.25) is 14.6 Å². The van der Waals surface area contributed by atoms with Gasteiger partial charge >= 0.3 is 0 Å². The molecular weight excluding hydrogens is 458 g/mol. The highest BCUT2D eigenvalue weighted by Gasteiger charge is 2.26. The van der Waals surface area contributed by atoms with Crippen LogP contribution < -0.4 is 4.90 Å². The highest BCUT2D eigenvalue weighted by atomic mass is 16.5. The standard InChI is InChI=1S/C27H41N5O4/c1-4-22-7-5-6-8-25(22)31-13-15-32(16-14-31)27(34)24-20-36-26(28-24)18-30-11-9-29(10-12-30)17-23(33)19-35-21(2)3/h5-8,20-21,23,33H,4,9-19H2,1-3H3. The third-order valence-corrected chi connectivity index (χ3v) is 6.97. The van der Waals surface area contributed by atoms with Crippen LogP contribution in [0.25, 0.3) is 0 Å². The molecule has 0 saturated carbocycles. The van der Waals surface area contributed by atoms with Crippen molar-refractivity contribution in [1.82, 2.24) is 19.7 Å². The van der Waals surface area contributed by atoms with Crippen LogP contribution in [0.1, 0.15) is 42.7 Å². The summed E-state index contributed by atoms with van der Waals surface area (Å²) in [6.07, 6.45) is 2.16. The molecule has 3 heterocycles. The van der Waals surface area contributed by atoms with Gasteiger partial charge in [-0.25, -0.2) is 4.98 Å². The van der Waals surface area contributed by atoms with Crippen molar-refractivity contribution in [3.63, 3.8) is 0 Å². The Morgan fingerprint density at radius 2 is 1.75 bits per heavy atom. The fourth-order valence-electron chi connectivity index (χ4n) is 4.89. The van der Waals surface area contributed by atoms with Crippen molar-refractivity contribution >= 4 is 11.6 Å². The fraction of sp³-hybridized carbons (Fsp3) is 0.630. The van der Waals surface area contributed by atoms with Gasteiger partial charge in [0.2, 0.25) is 5.89 Å². The first kappa shape index (κ1) is 26.6. The maximum absolute atomic E-state index is 13.0. The molecule has 198 valence electrons. The Labute approximate surface area is 214 Å². The average Bonchev–Trinajstić information content (AvgIpc) is 3.36. The molecule has 0 spiro atoms. The van der Waals surface area contributed by atoms with Gasteiger partial charge in [-0.15, -0.1) is 0 Å². The zero-order valence-electron chi connectivity index (χ0n) is 21.9. The number of oxazole rings is 1. The monoisotopic (exact) mass is 499 g/mol. The number of carbonyl (C=O) groups excluding carboxylic acids is 1. The van der Waals surface area contributed by atoms with E-state index in [-0.39, 0.29) is 12.0 Å². The number of anilines is 1. The highest BCUT2D eigenvalue weighted by Crippen LogP contribution is 2.23.